The number of alkyl carbamates (subject to hydrolysis) is 2. The summed E-state index contributed by atoms with van der Waals surface area (Å²) in [5.74, 6) is -0.429. The van der Waals surface area contributed by atoms with Crippen molar-refractivity contribution in [2.75, 3.05) is 33.2 Å². The largest absolute Gasteiger partial charge is 0.495 e. The molecule has 0 aromatic heterocycles. The molecule has 0 saturated carbocycles. The van der Waals surface area contributed by atoms with Gasteiger partial charge in [-0.15, -0.1) is 0 Å². The molecular weight excluding hydrogens is 582 g/mol. The number of carbonyl (C=O) groups is 3. The lowest BCUT2D eigenvalue weighted by Gasteiger charge is -2.42. The highest BCUT2D eigenvalue weighted by Crippen LogP contribution is 2.49. The van der Waals surface area contributed by atoms with Crippen LogP contribution in [0.1, 0.15) is 39.2 Å². The highest BCUT2D eigenvalue weighted by molar-refractivity contribution is 6.35. The van der Waals surface area contributed by atoms with E-state index in [1.165, 1.54) is 26.2 Å². The third kappa shape index (κ3) is 6.77. The molecule has 3 N–H and O–H groups in total. The van der Waals surface area contributed by atoms with Gasteiger partial charge in [0.25, 0.3) is 0 Å². The van der Waals surface area contributed by atoms with Crippen LogP contribution in [0.2, 0.25) is 5.02 Å². The number of allylic oxidation sites excluding steroid dienone is 3. The predicted molar refractivity (Wildman–Crippen MR) is 158 cm³/mol. The Bertz CT molecular complexity index is 1320. The van der Waals surface area contributed by atoms with Crippen molar-refractivity contribution in [3.63, 3.8) is 0 Å². The molecule has 0 radical (unpaired) electrons. The molecule has 3 amide bonds. The fourth-order valence-corrected chi connectivity index (χ4v) is 6.11. The van der Waals surface area contributed by atoms with Crippen molar-refractivity contribution in [1.82, 2.24) is 10.6 Å². The van der Waals surface area contributed by atoms with E-state index in [4.69, 9.17) is 35.3 Å². The molecule has 0 spiro atoms. The molecule has 2 fully saturated rings. The van der Waals surface area contributed by atoms with Crippen LogP contribution in [0.25, 0.3) is 0 Å². The number of hydrogen-bond donors (Lipinski definition) is 3. The van der Waals surface area contributed by atoms with E-state index in [-0.39, 0.29) is 23.8 Å². The van der Waals surface area contributed by atoms with Gasteiger partial charge in [0.05, 0.1) is 25.3 Å². The number of anilines is 1. The van der Waals surface area contributed by atoms with E-state index in [0.717, 1.165) is 11.1 Å². The normalized spacial score (nSPS) is 35.0. The molecule has 1 aromatic carbocycles. The number of methoxy groups -OCH3 is 2. The van der Waals surface area contributed by atoms with Crippen LogP contribution in [0.5, 0.6) is 5.75 Å². The van der Waals surface area contributed by atoms with E-state index in [1.807, 2.05) is 26.0 Å². The fraction of sp³-hybridized carbons (Fsp3) is 0.567. The van der Waals surface area contributed by atoms with E-state index in [9.17, 15) is 19.5 Å². The summed E-state index contributed by atoms with van der Waals surface area (Å²) in [5, 5.41) is 16.7. The van der Waals surface area contributed by atoms with Gasteiger partial charge in [0.1, 0.15) is 34.7 Å². The van der Waals surface area contributed by atoms with Gasteiger partial charge in [0.15, 0.2) is 5.72 Å². The third-order valence-corrected chi connectivity index (χ3v) is 8.78. The Morgan fingerprint density at radius 3 is 2.65 bits per heavy atom. The second-order valence-electron chi connectivity index (χ2n) is 11.4. The second-order valence-corrected chi connectivity index (χ2v) is 11.8. The minimum absolute atomic E-state index is 0.00580. The highest BCUT2D eigenvalue weighted by atomic mass is 35.5. The number of nitrogens with zero attached hydrogens (tertiary/aromatic N) is 1. The second kappa shape index (κ2) is 12.7. The van der Waals surface area contributed by atoms with Crippen LogP contribution < -0.4 is 20.3 Å². The van der Waals surface area contributed by atoms with Gasteiger partial charge in [-0.3, -0.25) is 10.1 Å². The molecule has 4 rings (SSSR count). The van der Waals surface area contributed by atoms with E-state index in [1.54, 1.807) is 32.2 Å². The maximum Gasteiger partial charge on any atom is 0.409 e. The Labute approximate surface area is 256 Å². The van der Waals surface area contributed by atoms with Crippen molar-refractivity contribution in [1.29, 1.82) is 0 Å². The predicted octanol–water partition coefficient (Wildman–Crippen LogP) is 3.48. The molecule has 3 aliphatic heterocycles. The standard InChI is InChI=1S/C30H40ClN3O9/c1-16-9-8-10-22(40-7)30(38)15-21(41-28(37)33-30)17(2)26-29(3,43-26)23(42-27(36)32-4)14-24(35)34(5)19-12-18(11-16)13-20(39-6)25(19)31/h8-10,12-13,17,21-23,26,38H,11,14-15H2,1-7H3,(H,32,36)(H,33,37)/b10-8+,16-9+/t17-,21+,22-,23+,26+,29+,30+/m1/s1. The Balaban J connectivity index is 1.79. The lowest BCUT2D eigenvalue weighted by atomic mass is 9.83. The van der Waals surface area contributed by atoms with Crippen LogP contribution in [0.4, 0.5) is 15.3 Å². The Morgan fingerprint density at radius 2 is 2.00 bits per heavy atom. The van der Waals surface area contributed by atoms with E-state index in [2.05, 4.69) is 10.6 Å². The van der Waals surface area contributed by atoms with Gasteiger partial charge >= 0.3 is 12.2 Å². The first-order valence-electron chi connectivity index (χ1n) is 14.0. The number of benzene rings is 1. The van der Waals surface area contributed by atoms with E-state index >= 15 is 0 Å². The van der Waals surface area contributed by atoms with Crippen molar-refractivity contribution >= 4 is 35.4 Å². The number of ether oxygens (including phenoxy) is 5. The number of rotatable bonds is 3. The number of amides is 3. The monoisotopic (exact) mass is 621 g/mol. The third-order valence-electron chi connectivity index (χ3n) is 8.40. The fourth-order valence-electron chi connectivity index (χ4n) is 5.79. The van der Waals surface area contributed by atoms with Crippen LogP contribution >= 0.6 is 11.6 Å². The van der Waals surface area contributed by atoms with Crippen molar-refractivity contribution in [2.24, 2.45) is 5.92 Å². The number of epoxide rings is 1. The zero-order valence-electron chi connectivity index (χ0n) is 25.4. The molecule has 12 nitrogen and oxygen atoms in total. The SMILES string of the molecule is CNC(=O)O[C@H]1CC(=O)N(C)c2cc(cc(OC)c2Cl)C/C(C)=C/C=C/[C@@H](OC)[C@@]2(O)C[C@H](OC(=O)N2)[C@@H](C)[C@@H]2O[C@@]12C. The molecule has 236 valence electrons. The molecule has 7 atom stereocenters. The van der Waals surface area contributed by atoms with Gasteiger partial charge in [0, 0.05) is 33.5 Å². The maximum atomic E-state index is 13.7. The Kier molecular flexibility index (Phi) is 9.65. The van der Waals surface area contributed by atoms with E-state index < -0.39 is 53.8 Å². The molecule has 0 unspecified atom stereocenters. The van der Waals surface area contributed by atoms with Gasteiger partial charge in [-0.1, -0.05) is 42.3 Å². The van der Waals surface area contributed by atoms with Crippen LogP contribution in [-0.4, -0.2) is 87.3 Å². The number of fused-ring (bicyclic) bond motifs is 5. The van der Waals surface area contributed by atoms with Gasteiger partial charge in [-0.2, -0.15) is 0 Å². The number of aliphatic hydroxyl groups is 1. The molecule has 4 bridgehead atoms. The lowest BCUT2D eigenvalue weighted by Crippen LogP contribution is -2.63. The molecule has 1 aromatic rings. The summed E-state index contributed by atoms with van der Waals surface area (Å²) in [4.78, 5) is 40.1. The number of hydrogen-bond acceptors (Lipinski definition) is 9. The smallest absolute Gasteiger partial charge is 0.409 e. The number of carbonyl (C=O) groups excluding carboxylic acids is 3. The lowest BCUT2D eigenvalue weighted by molar-refractivity contribution is -0.142. The van der Waals surface area contributed by atoms with Gasteiger partial charge < -0.3 is 39.0 Å². The van der Waals surface area contributed by atoms with E-state index in [0.29, 0.717) is 17.9 Å². The molecule has 2 saturated heterocycles. The van der Waals surface area contributed by atoms with Gasteiger partial charge in [-0.05, 0) is 38.0 Å². The van der Waals surface area contributed by atoms with Crippen LogP contribution in [0, 0.1) is 5.92 Å². The first kappa shape index (κ1) is 32.6. The summed E-state index contributed by atoms with van der Waals surface area (Å²) in [6.07, 6.45) is 0.758. The molecule has 13 heteroatoms. The summed E-state index contributed by atoms with van der Waals surface area (Å²) >= 11 is 6.65. The van der Waals surface area contributed by atoms with Gasteiger partial charge in [0.2, 0.25) is 5.91 Å². The Morgan fingerprint density at radius 1 is 1.28 bits per heavy atom. The molecule has 3 aliphatic rings. The molecule has 3 heterocycles. The summed E-state index contributed by atoms with van der Waals surface area (Å²) in [5.41, 5.74) is -0.647. The zero-order valence-corrected chi connectivity index (χ0v) is 26.2. The summed E-state index contributed by atoms with van der Waals surface area (Å²) < 4.78 is 28.4. The zero-order chi connectivity index (χ0) is 31.7. The maximum absolute atomic E-state index is 13.7. The topological polar surface area (TPSA) is 148 Å². The van der Waals surface area contributed by atoms with Crippen LogP contribution in [0.15, 0.2) is 35.9 Å². The van der Waals surface area contributed by atoms with Gasteiger partial charge in [-0.25, -0.2) is 9.59 Å². The molecular formula is C30H40ClN3O9. The first-order chi connectivity index (χ1) is 20.3. The van der Waals surface area contributed by atoms with Crippen LogP contribution in [-0.2, 0) is 30.2 Å². The summed E-state index contributed by atoms with van der Waals surface area (Å²) in [7, 11) is 5.95. The molecule has 0 aliphatic carbocycles. The van der Waals surface area contributed by atoms with Crippen molar-refractivity contribution < 1.29 is 43.2 Å². The number of nitrogens with one attached hydrogen (secondary N) is 2. The first-order valence-corrected chi connectivity index (χ1v) is 14.4. The average molecular weight is 622 g/mol. The summed E-state index contributed by atoms with van der Waals surface area (Å²) in [6.45, 7) is 5.48. The summed E-state index contributed by atoms with van der Waals surface area (Å²) in [6, 6.07) is 3.61. The average Bonchev–Trinajstić information content (AvgIpc) is 3.66. The minimum atomic E-state index is -1.77. The molecule has 43 heavy (non-hydrogen) atoms. The van der Waals surface area contributed by atoms with Crippen LogP contribution in [0.3, 0.4) is 0 Å². The van der Waals surface area contributed by atoms with Crippen molar-refractivity contribution in [2.45, 2.75) is 75.8 Å². The minimum Gasteiger partial charge on any atom is -0.495 e. The number of halogens is 1. The van der Waals surface area contributed by atoms with Crippen molar-refractivity contribution in [3.8, 4) is 5.75 Å². The Hall–Kier alpha value is -3.32. The highest BCUT2D eigenvalue weighted by Gasteiger charge is 2.64. The quantitative estimate of drug-likeness (QED) is 0.431. The van der Waals surface area contributed by atoms with Crippen molar-refractivity contribution in [3.05, 3.63) is 46.5 Å².